The van der Waals surface area contributed by atoms with Gasteiger partial charge in [-0.3, -0.25) is 4.57 Å². The monoisotopic (exact) mass is 960 g/mol. The number of hydrogen-bond donors (Lipinski definition) is 0. The smallest absolute Gasteiger partial charge is 0.237 e. The summed E-state index contributed by atoms with van der Waals surface area (Å²) in [7, 11) is 0. The van der Waals surface area contributed by atoms with E-state index in [-0.39, 0.29) is 12.1 Å². The van der Waals surface area contributed by atoms with E-state index in [0.717, 1.165) is 34.6 Å². The van der Waals surface area contributed by atoms with Crippen LogP contribution in [0.4, 0.5) is 22.7 Å². The molecule has 6 heteroatoms. The molecule has 12 aromatic rings. The van der Waals surface area contributed by atoms with Gasteiger partial charge in [-0.15, -0.1) is 0 Å². The summed E-state index contributed by atoms with van der Waals surface area (Å²) < 4.78 is 2.19. The molecule has 75 heavy (non-hydrogen) atoms. The molecule has 6 nitrogen and oxygen atoms in total. The van der Waals surface area contributed by atoms with Crippen molar-refractivity contribution in [3.8, 4) is 50.5 Å². The highest BCUT2D eigenvalue weighted by molar-refractivity contribution is 6.11. The van der Waals surface area contributed by atoms with Crippen molar-refractivity contribution < 1.29 is 0 Å². The first-order chi connectivity index (χ1) is 37.2. The van der Waals surface area contributed by atoms with E-state index in [2.05, 4.69) is 250 Å². The first-order valence-electron chi connectivity index (χ1n) is 26.2. The Kier molecular flexibility index (Phi) is 9.31. The highest BCUT2D eigenvalue weighted by atomic mass is 15.2. The fourth-order valence-electron chi connectivity index (χ4n) is 13.6. The van der Waals surface area contributed by atoms with E-state index < -0.39 is 0 Å². The molecule has 2 aliphatic carbocycles. The van der Waals surface area contributed by atoms with Crippen LogP contribution in [0.25, 0.3) is 72.3 Å². The molecule has 2 aliphatic heterocycles. The number of hydrogen-bond acceptors (Lipinski definition) is 5. The lowest BCUT2D eigenvalue weighted by atomic mass is 9.92. The second kappa shape index (κ2) is 16.6. The topological polar surface area (TPSA) is 50.1 Å². The van der Waals surface area contributed by atoms with Crippen LogP contribution in [-0.2, 0) is 12.8 Å². The van der Waals surface area contributed by atoms with Gasteiger partial charge in [0.05, 0.1) is 23.1 Å². The minimum atomic E-state index is 0.177. The molecule has 0 saturated heterocycles. The number of anilines is 4. The van der Waals surface area contributed by atoms with Crippen LogP contribution in [0.15, 0.2) is 243 Å². The Bertz CT molecular complexity index is 4170. The quantitative estimate of drug-likeness (QED) is 0.159. The number of fused-ring (bicyclic) bond motifs is 13. The van der Waals surface area contributed by atoms with Crippen molar-refractivity contribution in [2.24, 2.45) is 0 Å². The first-order valence-corrected chi connectivity index (χ1v) is 26.2. The van der Waals surface area contributed by atoms with Crippen LogP contribution in [-0.4, -0.2) is 19.5 Å². The van der Waals surface area contributed by atoms with E-state index in [1.54, 1.807) is 12.7 Å². The van der Waals surface area contributed by atoms with Gasteiger partial charge in [0.15, 0.2) is 0 Å². The summed E-state index contributed by atoms with van der Waals surface area (Å²) >= 11 is 0. The van der Waals surface area contributed by atoms with E-state index >= 15 is 0 Å². The van der Waals surface area contributed by atoms with Gasteiger partial charge >= 0.3 is 0 Å². The number of aromatic nitrogens is 4. The maximum atomic E-state index is 4.70. The van der Waals surface area contributed by atoms with Crippen LogP contribution in [0.2, 0.25) is 0 Å². The number of benzene rings is 10. The van der Waals surface area contributed by atoms with Crippen molar-refractivity contribution >= 4 is 44.6 Å². The van der Waals surface area contributed by atoms with E-state index in [0.29, 0.717) is 17.8 Å². The maximum absolute atomic E-state index is 4.70. The Balaban J connectivity index is 0.830. The molecule has 0 N–H and O–H groups in total. The Morgan fingerprint density at radius 3 is 1.29 bits per heavy atom. The third kappa shape index (κ3) is 6.55. The number of nitrogens with zero attached hydrogens (tertiary/aromatic N) is 6. The normalized spacial score (nSPS) is 17.7. The molecule has 0 amide bonds. The lowest BCUT2D eigenvalue weighted by Crippen LogP contribution is -2.19. The van der Waals surface area contributed by atoms with Gasteiger partial charge in [-0.1, -0.05) is 152 Å². The highest BCUT2D eigenvalue weighted by Crippen LogP contribution is 2.60. The van der Waals surface area contributed by atoms with Crippen molar-refractivity contribution in [2.45, 2.75) is 36.8 Å². The van der Waals surface area contributed by atoms with Gasteiger partial charge in [-0.05, 0) is 170 Å². The summed E-state index contributed by atoms with van der Waals surface area (Å²) in [5.74, 6) is 1.27. The van der Waals surface area contributed by atoms with E-state index in [1.165, 1.54) is 101 Å². The summed E-state index contributed by atoms with van der Waals surface area (Å²) in [4.78, 5) is 18.8. The van der Waals surface area contributed by atoms with E-state index in [1.807, 2.05) is 0 Å². The molecule has 0 saturated carbocycles. The standard InChI is InChI=1S/C69H48N6/c1-4-14-43(15-5-1)51-32-52(44-16-6-2-7-17-44)34-54(33-51)74-64-29-25-48(38-60(64)62-40-50-19-11-13-23-56(50)68(62)74)46-27-31-66-58(36-46)57-35-45(26-30-65(57)75(66)69-71-41-70-42-72-69)47-24-28-63-59(37-47)61-39-49-18-10-12-22-55(49)67(61)73(63)53-20-8-3-9-21-53/h1-38,41-42,61-62,67-68H,39-40H2. The van der Waals surface area contributed by atoms with Gasteiger partial charge < -0.3 is 9.80 Å². The predicted molar refractivity (Wildman–Crippen MR) is 304 cm³/mol. The third-order valence-corrected chi connectivity index (χ3v) is 16.9. The molecule has 0 fully saturated rings. The zero-order chi connectivity index (χ0) is 49.1. The van der Waals surface area contributed by atoms with Gasteiger partial charge in [0, 0.05) is 45.4 Å². The van der Waals surface area contributed by atoms with Crippen LogP contribution in [0.5, 0.6) is 0 Å². The van der Waals surface area contributed by atoms with Crippen LogP contribution < -0.4 is 9.80 Å². The minimum Gasteiger partial charge on any atom is -0.333 e. The molecular weight excluding hydrogens is 913 g/mol. The number of para-hydroxylation sites is 1. The molecule has 10 aromatic carbocycles. The summed E-state index contributed by atoms with van der Waals surface area (Å²) in [6, 6.07) is 86.5. The van der Waals surface area contributed by atoms with Gasteiger partial charge in [0.25, 0.3) is 0 Å². The summed E-state index contributed by atoms with van der Waals surface area (Å²) in [5.41, 5.74) is 25.3. The molecular formula is C69H48N6. The molecule has 4 atom stereocenters. The molecule has 0 spiro atoms. The fraction of sp³-hybridized carbons (Fsp3) is 0.0870. The van der Waals surface area contributed by atoms with Crippen molar-refractivity contribution in [1.29, 1.82) is 0 Å². The number of rotatable bonds is 7. The fourth-order valence-corrected chi connectivity index (χ4v) is 13.6. The van der Waals surface area contributed by atoms with Crippen molar-refractivity contribution in [1.82, 2.24) is 19.5 Å². The molecule has 16 rings (SSSR count). The van der Waals surface area contributed by atoms with Gasteiger partial charge in [0.2, 0.25) is 5.95 Å². The summed E-state index contributed by atoms with van der Waals surface area (Å²) in [6.45, 7) is 0. The second-order valence-electron chi connectivity index (χ2n) is 20.8. The Morgan fingerprint density at radius 1 is 0.333 bits per heavy atom. The third-order valence-electron chi connectivity index (χ3n) is 16.9. The van der Waals surface area contributed by atoms with Crippen LogP contribution in [0, 0.1) is 0 Å². The molecule has 4 heterocycles. The molecule has 4 aliphatic rings. The molecule has 354 valence electrons. The summed E-state index contributed by atoms with van der Waals surface area (Å²) in [6.07, 6.45) is 5.21. The summed E-state index contributed by atoms with van der Waals surface area (Å²) in [5, 5.41) is 2.32. The predicted octanol–water partition coefficient (Wildman–Crippen LogP) is 16.7. The lowest BCUT2D eigenvalue weighted by Gasteiger charge is -2.29. The van der Waals surface area contributed by atoms with Crippen molar-refractivity contribution in [3.05, 3.63) is 277 Å². The van der Waals surface area contributed by atoms with Gasteiger partial charge in [-0.2, -0.15) is 0 Å². The molecule has 0 radical (unpaired) electrons. The molecule has 2 aromatic heterocycles. The Hall–Kier alpha value is -9.39. The van der Waals surface area contributed by atoms with Gasteiger partial charge in [-0.25, -0.2) is 15.0 Å². The molecule has 0 bridgehead atoms. The Labute approximate surface area is 435 Å². The van der Waals surface area contributed by atoms with Gasteiger partial charge in [0.1, 0.15) is 12.7 Å². The van der Waals surface area contributed by atoms with Crippen LogP contribution in [0.3, 0.4) is 0 Å². The van der Waals surface area contributed by atoms with Crippen molar-refractivity contribution in [2.75, 3.05) is 9.80 Å². The largest absolute Gasteiger partial charge is 0.333 e. The minimum absolute atomic E-state index is 0.177. The van der Waals surface area contributed by atoms with Crippen LogP contribution >= 0.6 is 0 Å². The molecule has 4 unspecified atom stereocenters. The maximum Gasteiger partial charge on any atom is 0.237 e. The van der Waals surface area contributed by atoms with Crippen molar-refractivity contribution in [3.63, 3.8) is 0 Å². The first kappa shape index (κ1) is 42.1. The highest BCUT2D eigenvalue weighted by Gasteiger charge is 2.47. The van der Waals surface area contributed by atoms with Crippen LogP contribution in [0.1, 0.15) is 57.3 Å². The van der Waals surface area contributed by atoms with E-state index in [9.17, 15) is 0 Å². The zero-order valence-corrected chi connectivity index (χ0v) is 41.0. The van der Waals surface area contributed by atoms with E-state index in [4.69, 9.17) is 9.97 Å². The lowest BCUT2D eigenvalue weighted by molar-refractivity contribution is 0.633. The Morgan fingerprint density at radius 2 is 0.773 bits per heavy atom. The average molecular weight is 961 g/mol. The average Bonchev–Trinajstić information content (AvgIpc) is 4.29. The zero-order valence-electron chi connectivity index (χ0n) is 41.0. The second-order valence-corrected chi connectivity index (χ2v) is 20.8. The SMILES string of the molecule is c1ccc(-c2cc(-c3ccccc3)cc(N3c4ccc(-c5ccc6c(c5)c5cc(-c7ccc8c(c7)C7Cc9ccccc9C7N8c7ccccc7)ccc5n6-c5ncncn5)cc4C4Cc5ccccc5C43)c2)cc1.